The van der Waals surface area contributed by atoms with Crippen LogP contribution in [0.25, 0.3) is 0 Å². The molecule has 0 N–H and O–H groups in total. The van der Waals surface area contributed by atoms with Gasteiger partial charge in [0.1, 0.15) is 0 Å². The van der Waals surface area contributed by atoms with Crippen LogP contribution in [0.15, 0.2) is 72.8 Å². The third-order valence-corrected chi connectivity index (χ3v) is 26.1. The van der Waals surface area contributed by atoms with Crippen molar-refractivity contribution in [3.05, 3.63) is 72.8 Å². The van der Waals surface area contributed by atoms with Crippen molar-refractivity contribution in [2.45, 2.75) is 117 Å². The summed E-state index contributed by atoms with van der Waals surface area (Å²) in [4.78, 5) is 0. The molecule has 218 valence electrons. The molecule has 4 heteroatoms. The number of hydrogen-bond acceptors (Lipinski definition) is 0. The normalized spacial score (nSPS) is 12.8. The summed E-state index contributed by atoms with van der Waals surface area (Å²) in [5.74, 6) is 0. The van der Waals surface area contributed by atoms with Gasteiger partial charge in [-0.25, -0.2) is 0 Å². The first-order valence-electron chi connectivity index (χ1n) is 15.3. The molecule has 0 aromatic heterocycles. The second-order valence-corrected chi connectivity index (χ2v) is 28.7. The van der Waals surface area contributed by atoms with Gasteiger partial charge in [-0.3, -0.25) is 0 Å². The standard InChI is InChI=1S/3C12H18P.Sb/c3*1-10(2)13(11(3)4)12-8-6-5-7-9-12;/h3*5-8,10-11H,1-4H3;. The van der Waals surface area contributed by atoms with Crippen LogP contribution in [-0.2, 0) is 0 Å². The van der Waals surface area contributed by atoms with Crippen molar-refractivity contribution in [3.8, 4) is 0 Å². The molecule has 3 aromatic carbocycles. The van der Waals surface area contributed by atoms with Gasteiger partial charge in [-0.15, -0.1) is 0 Å². The summed E-state index contributed by atoms with van der Waals surface area (Å²) in [7, 11) is -0.753. The van der Waals surface area contributed by atoms with Gasteiger partial charge in [-0.1, -0.05) is 0 Å². The van der Waals surface area contributed by atoms with Crippen LogP contribution in [0.2, 0.25) is 0 Å². The molecule has 3 aromatic rings. The van der Waals surface area contributed by atoms with E-state index in [0.29, 0.717) is 34.0 Å². The van der Waals surface area contributed by atoms with Gasteiger partial charge in [0.15, 0.2) is 0 Å². The topological polar surface area (TPSA) is 0 Å². The zero-order valence-electron chi connectivity index (χ0n) is 27.2. The third kappa shape index (κ3) is 7.83. The van der Waals surface area contributed by atoms with Gasteiger partial charge in [0.2, 0.25) is 0 Å². The van der Waals surface area contributed by atoms with Crippen molar-refractivity contribution in [2.24, 2.45) is 0 Å². The molecule has 0 unspecified atom stereocenters. The first kappa shape index (κ1) is 34.3. The van der Waals surface area contributed by atoms with E-state index in [1.165, 1.54) is 0 Å². The van der Waals surface area contributed by atoms with Gasteiger partial charge in [-0.2, -0.15) is 0 Å². The van der Waals surface area contributed by atoms with Gasteiger partial charge in [0, 0.05) is 0 Å². The Balaban J connectivity index is 2.48. The van der Waals surface area contributed by atoms with E-state index in [1.807, 2.05) is 0 Å². The average Bonchev–Trinajstić information content (AvgIpc) is 2.86. The zero-order valence-corrected chi connectivity index (χ0v) is 32.4. The molecule has 0 aliphatic heterocycles. The fraction of sp³-hybridized carbons (Fsp3) is 0.500. The van der Waals surface area contributed by atoms with Crippen LogP contribution in [0.3, 0.4) is 0 Å². The van der Waals surface area contributed by atoms with Crippen molar-refractivity contribution in [3.63, 3.8) is 0 Å². The Morgan fingerprint density at radius 1 is 0.350 bits per heavy atom. The molecule has 0 aliphatic rings. The van der Waals surface area contributed by atoms with Crippen molar-refractivity contribution in [2.75, 3.05) is 0 Å². The zero-order chi connectivity index (χ0) is 29.7. The van der Waals surface area contributed by atoms with Crippen LogP contribution in [0.1, 0.15) is 83.1 Å². The minimum atomic E-state index is -2.45. The summed E-state index contributed by atoms with van der Waals surface area (Å²) in [6, 6.07) is 29.2. The van der Waals surface area contributed by atoms with Crippen LogP contribution >= 0.6 is 23.8 Å². The maximum absolute atomic E-state index is 2.56. The Kier molecular flexibility index (Phi) is 13.3. The Labute approximate surface area is 258 Å². The SMILES string of the molecule is CC(C)P(c1cccc[c]1[Sb]([c]1ccccc1P(C(C)C)C(C)C)[c]1ccccc1P(C(C)C)C(C)C)C(C)C. The van der Waals surface area contributed by atoms with Crippen LogP contribution < -0.4 is 26.4 Å². The van der Waals surface area contributed by atoms with Crippen molar-refractivity contribution < 1.29 is 0 Å². The fourth-order valence-corrected chi connectivity index (χ4v) is 27.0. The van der Waals surface area contributed by atoms with Crippen LogP contribution in [-0.4, -0.2) is 54.2 Å². The van der Waals surface area contributed by atoms with E-state index in [2.05, 4.69) is 156 Å². The number of benzene rings is 3. The summed E-state index contributed by atoms with van der Waals surface area (Å²) < 4.78 is 5.18. The summed E-state index contributed by atoms with van der Waals surface area (Å²) >= 11 is -2.45. The van der Waals surface area contributed by atoms with Crippen LogP contribution in [0.4, 0.5) is 0 Å². The predicted octanol–water partition coefficient (Wildman–Crippen LogP) is 7.97. The van der Waals surface area contributed by atoms with Gasteiger partial charge >= 0.3 is 260 Å². The molecule has 0 heterocycles. The maximum atomic E-state index is 2.56. The van der Waals surface area contributed by atoms with E-state index in [0.717, 1.165) is 0 Å². The van der Waals surface area contributed by atoms with E-state index in [4.69, 9.17) is 0 Å². The molecular formula is C36H54P3Sb. The summed E-state index contributed by atoms with van der Waals surface area (Å²) in [6.45, 7) is 29.5. The Morgan fingerprint density at radius 2 is 0.550 bits per heavy atom. The van der Waals surface area contributed by atoms with E-state index < -0.39 is 20.2 Å². The van der Waals surface area contributed by atoms with Gasteiger partial charge in [0.25, 0.3) is 0 Å². The van der Waals surface area contributed by atoms with Crippen LogP contribution in [0, 0.1) is 0 Å². The van der Waals surface area contributed by atoms with Crippen LogP contribution in [0.5, 0.6) is 0 Å². The number of rotatable bonds is 12. The Hall–Kier alpha value is -0.232. The molecule has 3 rings (SSSR count). The molecule has 0 saturated carbocycles. The first-order chi connectivity index (χ1) is 18.9. The molecule has 0 amide bonds. The van der Waals surface area contributed by atoms with E-state index in [1.54, 1.807) is 26.4 Å². The van der Waals surface area contributed by atoms with Gasteiger partial charge in [0.05, 0.1) is 0 Å². The number of hydrogen-bond donors (Lipinski definition) is 0. The molecule has 0 saturated heterocycles. The first-order valence-corrected chi connectivity index (χ1v) is 23.6. The molecule has 40 heavy (non-hydrogen) atoms. The van der Waals surface area contributed by atoms with Gasteiger partial charge in [-0.05, 0) is 0 Å². The molecule has 0 fully saturated rings. The second-order valence-electron chi connectivity index (χ2n) is 12.6. The second kappa shape index (κ2) is 15.5. The Bertz CT molecular complexity index is 1040. The average molecular weight is 702 g/mol. The quantitative estimate of drug-likeness (QED) is 0.133. The van der Waals surface area contributed by atoms with Crippen molar-refractivity contribution in [1.82, 2.24) is 0 Å². The monoisotopic (exact) mass is 700 g/mol. The summed E-state index contributed by atoms with van der Waals surface area (Å²) in [5, 5.41) is 5.06. The Morgan fingerprint density at radius 3 is 0.750 bits per heavy atom. The van der Waals surface area contributed by atoms with E-state index in [-0.39, 0.29) is 23.8 Å². The molecule has 0 atom stereocenters. The van der Waals surface area contributed by atoms with Crippen molar-refractivity contribution in [1.29, 1.82) is 0 Å². The molecule has 0 radical (unpaired) electrons. The molecular weight excluding hydrogens is 647 g/mol. The summed E-state index contributed by atoms with van der Waals surface area (Å²) in [6.07, 6.45) is 0. The molecule has 0 nitrogen and oxygen atoms in total. The van der Waals surface area contributed by atoms with Crippen molar-refractivity contribution >= 4 is 70.4 Å². The fourth-order valence-electron chi connectivity index (χ4n) is 6.46. The predicted molar refractivity (Wildman–Crippen MR) is 194 cm³/mol. The van der Waals surface area contributed by atoms with Gasteiger partial charge < -0.3 is 0 Å². The third-order valence-electron chi connectivity index (χ3n) is 7.54. The minimum absolute atomic E-state index is 0.251. The molecule has 0 bridgehead atoms. The summed E-state index contributed by atoms with van der Waals surface area (Å²) in [5.41, 5.74) is 4.06. The van der Waals surface area contributed by atoms with E-state index in [9.17, 15) is 0 Å². The molecule has 0 aliphatic carbocycles. The van der Waals surface area contributed by atoms with E-state index >= 15 is 0 Å². The molecule has 0 spiro atoms.